The fourth-order valence-electron chi connectivity index (χ4n) is 6.07. The summed E-state index contributed by atoms with van der Waals surface area (Å²) in [7, 11) is 0. The van der Waals surface area contributed by atoms with E-state index in [1.165, 1.54) is 12.1 Å². The Morgan fingerprint density at radius 2 is 1.55 bits per heavy atom. The van der Waals surface area contributed by atoms with Gasteiger partial charge in [-0.3, -0.25) is 19.7 Å². The highest BCUT2D eigenvalue weighted by Gasteiger charge is 2.68. The zero-order valence-corrected chi connectivity index (χ0v) is 17.7. The normalized spacial score (nSPS) is 26.6. The van der Waals surface area contributed by atoms with Crippen LogP contribution in [0.3, 0.4) is 0 Å². The van der Waals surface area contributed by atoms with Crippen molar-refractivity contribution in [3.63, 3.8) is 0 Å². The zero-order chi connectivity index (χ0) is 23.1. The van der Waals surface area contributed by atoms with Crippen molar-refractivity contribution in [3.05, 3.63) is 104 Å². The molecule has 0 unspecified atom stereocenters. The maximum atomic E-state index is 13.8. The molecule has 8 heteroatoms. The standard InChI is InChI=1S/C25H15ClN2O5/c26-18-10-9-13(11-19(18)28(32)33)27-23(30)21-20-14-5-1-3-7-16(14)25(12-29,22(21)24(27)31)17-8-4-2-6-15(17)20/h1-12,20-22H/t20?,21-,22-,25?/m0/s1. The van der Waals surface area contributed by atoms with Gasteiger partial charge >= 0.3 is 0 Å². The first-order valence-corrected chi connectivity index (χ1v) is 10.8. The highest BCUT2D eigenvalue weighted by Crippen LogP contribution is 2.63. The van der Waals surface area contributed by atoms with Gasteiger partial charge in [-0.15, -0.1) is 0 Å². The molecule has 3 aliphatic carbocycles. The summed E-state index contributed by atoms with van der Waals surface area (Å²) in [5, 5.41) is 11.3. The van der Waals surface area contributed by atoms with Gasteiger partial charge in [-0.05, 0) is 34.4 Å². The van der Waals surface area contributed by atoms with E-state index in [4.69, 9.17) is 11.6 Å². The van der Waals surface area contributed by atoms with Crippen molar-refractivity contribution in [1.82, 2.24) is 0 Å². The summed E-state index contributed by atoms with van der Waals surface area (Å²) in [6.45, 7) is 0. The molecule has 2 atom stereocenters. The molecule has 1 heterocycles. The van der Waals surface area contributed by atoms with Crippen LogP contribution in [0.15, 0.2) is 66.7 Å². The van der Waals surface area contributed by atoms with Crippen molar-refractivity contribution in [2.45, 2.75) is 11.3 Å². The van der Waals surface area contributed by atoms with Crippen LogP contribution in [0, 0.1) is 22.0 Å². The molecule has 0 radical (unpaired) electrons. The van der Waals surface area contributed by atoms with Gasteiger partial charge in [-0.1, -0.05) is 60.1 Å². The van der Waals surface area contributed by atoms with Gasteiger partial charge < -0.3 is 4.79 Å². The van der Waals surface area contributed by atoms with E-state index in [1.54, 1.807) is 0 Å². The van der Waals surface area contributed by atoms with Crippen LogP contribution in [-0.2, 0) is 19.8 Å². The third-order valence-electron chi connectivity index (χ3n) is 7.25. The number of carbonyl (C=O) groups is 3. The molecular formula is C25H15ClN2O5. The van der Waals surface area contributed by atoms with Gasteiger partial charge in [-0.25, -0.2) is 4.90 Å². The molecule has 0 spiro atoms. The average molecular weight is 459 g/mol. The fraction of sp³-hybridized carbons (Fsp3) is 0.160. The van der Waals surface area contributed by atoms with E-state index in [0.29, 0.717) is 0 Å². The van der Waals surface area contributed by atoms with Gasteiger partial charge in [0.05, 0.1) is 27.9 Å². The summed E-state index contributed by atoms with van der Waals surface area (Å²) in [5.74, 6) is -3.13. The Morgan fingerprint density at radius 1 is 0.939 bits per heavy atom. The third-order valence-corrected chi connectivity index (χ3v) is 7.57. The number of benzene rings is 3. The summed E-state index contributed by atoms with van der Waals surface area (Å²) >= 11 is 5.94. The van der Waals surface area contributed by atoms with E-state index < -0.39 is 45.6 Å². The van der Waals surface area contributed by atoms with Crippen LogP contribution >= 0.6 is 11.6 Å². The molecule has 7 nitrogen and oxygen atoms in total. The Kier molecular flexibility index (Phi) is 3.95. The fourth-order valence-corrected chi connectivity index (χ4v) is 6.25. The van der Waals surface area contributed by atoms with Crippen LogP contribution in [0.2, 0.25) is 5.02 Å². The predicted octanol–water partition coefficient (Wildman–Crippen LogP) is 4.00. The van der Waals surface area contributed by atoms with E-state index in [0.717, 1.165) is 39.5 Å². The summed E-state index contributed by atoms with van der Waals surface area (Å²) in [6.07, 6.45) is 0.788. The second-order valence-electron chi connectivity index (χ2n) is 8.55. The van der Waals surface area contributed by atoms with Crippen molar-refractivity contribution in [1.29, 1.82) is 0 Å². The van der Waals surface area contributed by atoms with Crippen molar-refractivity contribution in [2.24, 2.45) is 11.8 Å². The molecule has 2 amide bonds. The topological polar surface area (TPSA) is 97.6 Å². The molecule has 1 fully saturated rings. The predicted molar refractivity (Wildman–Crippen MR) is 119 cm³/mol. The summed E-state index contributed by atoms with van der Waals surface area (Å²) in [6, 6.07) is 18.7. The van der Waals surface area contributed by atoms with Gasteiger partial charge in [0.15, 0.2) is 0 Å². The highest BCUT2D eigenvalue weighted by molar-refractivity contribution is 6.33. The van der Waals surface area contributed by atoms with E-state index in [9.17, 15) is 24.5 Å². The number of halogens is 1. The second kappa shape index (κ2) is 6.59. The molecule has 0 aromatic heterocycles. The molecule has 7 rings (SSSR count). The number of nitro groups is 1. The SMILES string of the molecule is O=CC12c3ccccc3C(c3ccccc31)[C@@H]1C(=O)N(c3ccc(Cl)c([N+](=O)[O-])c3)C(=O)[C@H]12. The minimum atomic E-state index is -1.31. The van der Waals surface area contributed by atoms with Crippen LogP contribution in [0.1, 0.15) is 28.2 Å². The summed E-state index contributed by atoms with van der Waals surface area (Å²) in [5.41, 5.74) is 1.54. The largest absolute Gasteiger partial charge is 0.302 e. The number of nitrogens with zero attached hydrogens (tertiary/aromatic N) is 2. The lowest BCUT2D eigenvalue weighted by Gasteiger charge is -2.51. The van der Waals surface area contributed by atoms with Crippen LogP contribution in [0.25, 0.3) is 0 Å². The molecule has 3 aromatic rings. The number of hydrogen-bond donors (Lipinski definition) is 0. The first-order valence-electron chi connectivity index (χ1n) is 10.4. The van der Waals surface area contributed by atoms with Gasteiger partial charge in [0, 0.05) is 12.0 Å². The Balaban J connectivity index is 1.61. The minimum Gasteiger partial charge on any atom is -0.302 e. The van der Waals surface area contributed by atoms with Crippen molar-refractivity contribution in [2.75, 3.05) is 4.90 Å². The Bertz CT molecular complexity index is 1370. The summed E-state index contributed by atoms with van der Waals surface area (Å²) in [4.78, 5) is 52.2. The van der Waals surface area contributed by atoms with Gasteiger partial charge in [0.25, 0.3) is 5.69 Å². The van der Waals surface area contributed by atoms with E-state index in [-0.39, 0.29) is 10.7 Å². The van der Waals surface area contributed by atoms with E-state index >= 15 is 0 Å². The lowest BCUT2D eigenvalue weighted by atomic mass is 9.48. The maximum Gasteiger partial charge on any atom is 0.289 e. The van der Waals surface area contributed by atoms with E-state index in [1.807, 2.05) is 48.5 Å². The number of carbonyl (C=O) groups excluding carboxylic acids is 3. The van der Waals surface area contributed by atoms with Gasteiger partial charge in [0.2, 0.25) is 11.8 Å². The Morgan fingerprint density at radius 3 is 2.12 bits per heavy atom. The number of imide groups is 1. The van der Waals surface area contributed by atoms with Crippen LogP contribution in [0.4, 0.5) is 11.4 Å². The smallest absolute Gasteiger partial charge is 0.289 e. The Hall–Kier alpha value is -3.84. The molecule has 3 aromatic carbocycles. The molecule has 162 valence electrons. The Labute approximate surface area is 192 Å². The molecule has 0 N–H and O–H groups in total. The average Bonchev–Trinajstić information content (AvgIpc) is 3.10. The van der Waals surface area contributed by atoms with Crippen LogP contribution in [-0.4, -0.2) is 23.0 Å². The van der Waals surface area contributed by atoms with Crippen LogP contribution < -0.4 is 4.90 Å². The van der Waals surface area contributed by atoms with Gasteiger partial charge in [0.1, 0.15) is 11.3 Å². The van der Waals surface area contributed by atoms with Crippen LogP contribution in [0.5, 0.6) is 0 Å². The molecule has 0 saturated carbocycles. The molecule has 1 saturated heterocycles. The quantitative estimate of drug-likeness (QED) is 0.256. The lowest BCUT2D eigenvalue weighted by molar-refractivity contribution is -0.384. The lowest BCUT2D eigenvalue weighted by Crippen LogP contribution is -2.54. The number of amides is 2. The summed E-state index contributed by atoms with van der Waals surface area (Å²) < 4.78 is 0. The second-order valence-corrected chi connectivity index (χ2v) is 8.95. The molecule has 33 heavy (non-hydrogen) atoms. The monoisotopic (exact) mass is 458 g/mol. The number of nitro benzene ring substituents is 1. The van der Waals surface area contributed by atoms with E-state index in [2.05, 4.69) is 0 Å². The van der Waals surface area contributed by atoms with Crippen molar-refractivity contribution >= 4 is 41.1 Å². The molecule has 4 aliphatic rings. The minimum absolute atomic E-state index is 0.0732. The van der Waals surface area contributed by atoms with Crippen molar-refractivity contribution in [3.8, 4) is 0 Å². The number of anilines is 1. The third kappa shape index (κ3) is 2.27. The molecule has 1 aliphatic heterocycles. The molecule has 2 bridgehead atoms. The van der Waals surface area contributed by atoms with Gasteiger partial charge in [-0.2, -0.15) is 0 Å². The number of hydrogen-bond acceptors (Lipinski definition) is 5. The highest BCUT2D eigenvalue weighted by atomic mass is 35.5. The van der Waals surface area contributed by atoms with Crippen molar-refractivity contribution < 1.29 is 19.3 Å². The zero-order valence-electron chi connectivity index (χ0n) is 17.0. The first-order chi connectivity index (χ1) is 15.9. The number of rotatable bonds is 3. The molecular weight excluding hydrogens is 444 g/mol. The number of aldehydes is 1. The first kappa shape index (κ1) is 19.8. The maximum absolute atomic E-state index is 13.8.